The van der Waals surface area contributed by atoms with Gasteiger partial charge in [-0.2, -0.15) is 5.10 Å². The smallest absolute Gasteiger partial charge is 0.271 e. The molecule has 1 N–H and O–H groups in total. The molecule has 0 radical (unpaired) electrons. The average Bonchev–Trinajstić information content (AvgIpc) is 2.79. The Morgan fingerprint density at radius 3 is 2.53 bits per heavy atom. The highest BCUT2D eigenvalue weighted by molar-refractivity contribution is 5.95. The van der Waals surface area contributed by atoms with Gasteiger partial charge in [-0.3, -0.25) is 19.7 Å². The van der Waals surface area contributed by atoms with E-state index < -0.39 is 22.4 Å². The fourth-order valence-electron chi connectivity index (χ4n) is 3.00. The van der Waals surface area contributed by atoms with Gasteiger partial charge in [0.05, 0.1) is 30.0 Å². The Labute approximate surface area is 183 Å². The highest BCUT2D eigenvalue weighted by Gasteiger charge is 2.21. The van der Waals surface area contributed by atoms with Crippen molar-refractivity contribution < 1.29 is 19.2 Å². The zero-order valence-corrected chi connectivity index (χ0v) is 17.8. The molecule has 10 nitrogen and oxygen atoms in total. The first-order valence-corrected chi connectivity index (χ1v) is 9.80. The summed E-state index contributed by atoms with van der Waals surface area (Å²) in [6.07, 6.45) is 0. The fourth-order valence-corrected chi connectivity index (χ4v) is 3.00. The molecule has 3 rings (SSSR count). The summed E-state index contributed by atoms with van der Waals surface area (Å²) in [5, 5.41) is 18.0. The summed E-state index contributed by atoms with van der Waals surface area (Å²) >= 11 is 0. The number of carbonyl (C=O) groups is 1. The number of nitro benzene ring substituents is 1. The number of rotatable bonds is 8. The third-order valence-electron chi connectivity index (χ3n) is 4.68. The third kappa shape index (κ3) is 4.91. The first-order chi connectivity index (χ1) is 15.3. The summed E-state index contributed by atoms with van der Waals surface area (Å²) in [7, 11) is 1.38. The Morgan fingerprint density at radius 1 is 1.19 bits per heavy atom. The van der Waals surface area contributed by atoms with Crippen LogP contribution in [-0.4, -0.2) is 34.3 Å². The van der Waals surface area contributed by atoms with Gasteiger partial charge in [0.15, 0.2) is 0 Å². The Morgan fingerprint density at radius 2 is 1.91 bits per heavy atom. The van der Waals surface area contributed by atoms with Crippen molar-refractivity contribution in [1.82, 2.24) is 9.78 Å². The molecule has 1 amide bonds. The molecular formula is C22H22N4O6. The lowest BCUT2D eigenvalue weighted by molar-refractivity contribution is -0.384. The van der Waals surface area contributed by atoms with Crippen LogP contribution in [0.5, 0.6) is 11.5 Å². The topological polar surface area (TPSA) is 126 Å². The maximum atomic E-state index is 12.8. The minimum Gasteiger partial charge on any atom is -0.495 e. The van der Waals surface area contributed by atoms with E-state index in [1.165, 1.54) is 38.3 Å². The van der Waals surface area contributed by atoms with E-state index in [-0.39, 0.29) is 17.1 Å². The predicted molar refractivity (Wildman–Crippen MR) is 118 cm³/mol. The number of hydrogen-bond donors (Lipinski definition) is 1. The molecule has 0 aliphatic carbocycles. The molecule has 0 aliphatic rings. The zero-order valence-electron chi connectivity index (χ0n) is 17.8. The number of non-ortho nitro benzene ring substituents is 1. The maximum absolute atomic E-state index is 12.8. The van der Waals surface area contributed by atoms with E-state index in [0.29, 0.717) is 18.1 Å². The number of methoxy groups -OCH3 is 1. The van der Waals surface area contributed by atoms with Crippen molar-refractivity contribution in [2.24, 2.45) is 0 Å². The number of carbonyl (C=O) groups excluding carboxylic acids is 1. The van der Waals surface area contributed by atoms with Crippen LogP contribution in [-0.2, 0) is 4.79 Å². The van der Waals surface area contributed by atoms with Gasteiger partial charge < -0.3 is 14.8 Å². The first kappa shape index (κ1) is 22.5. The summed E-state index contributed by atoms with van der Waals surface area (Å²) in [6, 6.07) is 13.0. The van der Waals surface area contributed by atoms with Gasteiger partial charge in [-0.05, 0) is 50.2 Å². The number of hydrogen-bond acceptors (Lipinski definition) is 7. The molecule has 0 aliphatic heterocycles. The lowest BCUT2D eigenvalue weighted by Crippen LogP contribution is -2.33. The molecule has 0 saturated heterocycles. The van der Waals surface area contributed by atoms with Crippen molar-refractivity contribution in [1.29, 1.82) is 0 Å². The molecule has 3 aromatic rings. The average molecular weight is 438 g/mol. The molecule has 0 fully saturated rings. The monoisotopic (exact) mass is 438 g/mol. The Kier molecular flexibility index (Phi) is 6.83. The molecule has 1 heterocycles. The van der Waals surface area contributed by atoms with Gasteiger partial charge in [-0.15, -0.1) is 0 Å². The normalized spacial score (nSPS) is 11.5. The van der Waals surface area contributed by atoms with Crippen LogP contribution in [0.15, 0.2) is 59.4 Å². The summed E-state index contributed by atoms with van der Waals surface area (Å²) in [5.41, 5.74) is 0.694. The van der Waals surface area contributed by atoms with E-state index in [1.807, 2.05) is 6.92 Å². The van der Waals surface area contributed by atoms with Crippen molar-refractivity contribution in [2.45, 2.75) is 19.9 Å². The Hall–Kier alpha value is -4.21. The third-order valence-corrected chi connectivity index (χ3v) is 4.68. The van der Waals surface area contributed by atoms with E-state index in [9.17, 15) is 19.7 Å². The summed E-state index contributed by atoms with van der Waals surface area (Å²) in [4.78, 5) is 35.7. The van der Waals surface area contributed by atoms with Crippen LogP contribution in [0.25, 0.3) is 11.3 Å². The van der Waals surface area contributed by atoms with Crippen molar-refractivity contribution in [3.63, 3.8) is 0 Å². The molecule has 0 saturated carbocycles. The van der Waals surface area contributed by atoms with Gasteiger partial charge in [-0.1, -0.05) is 0 Å². The van der Waals surface area contributed by atoms with Crippen molar-refractivity contribution in [2.75, 3.05) is 19.0 Å². The number of ether oxygens (including phenoxy) is 2. The van der Waals surface area contributed by atoms with Crippen molar-refractivity contribution in [3.05, 3.63) is 75.1 Å². The van der Waals surface area contributed by atoms with E-state index in [2.05, 4.69) is 10.4 Å². The molecule has 1 aromatic heterocycles. The molecule has 0 spiro atoms. The van der Waals surface area contributed by atoms with E-state index in [1.54, 1.807) is 30.3 Å². The molecule has 1 unspecified atom stereocenters. The van der Waals surface area contributed by atoms with Crippen LogP contribution < -0.4 is 20.3 Å². The van der Waals surface area contributed by atoms with Gasteiger partial charge in [0.2, 0.25) is 5.91 Å². The minimum atomic E-state index is -0.992. The van der Waals surface area contributed by atoms with E-state index >= 15 is 0 Å². The zero-order chi connectivity index (χ0) is 23.3. The number of nitro groups is 1. The minimum absolute atomic E-state index is 0.120. The maximum Gasteiger partial charge on any atom is 0.271 e. The highest BCUT2D eigenvalue weighted by Crippen LogP contribution is 2.29. The first-order valence-electron chi connectivity index (χ1n) is 9.80. The van der Waals surface area contributed by atoms with Crippen LogP contribution in [0.2, 0.25) is 0 Å². The SMILES string of the molecule is CCOc1ccc(-c2ccc(=O)n(C(C)C(=O)Nc3cc([N+](=O)[O-])ccc3OC)n2)cc1. The molecule has 0 bridgehead atoms. The second kappa shape index (κ2) is 9.73. The lowest BCUT2D eigenvalue weighted by atomic mass is 10.1. The van der Waals surface area contributed by atoms with Gasteiger partial charge in [0.25, 0.3) is 11.2 Å². The number of anilines is 1. The summed E-state index contributed by atoms with van der Waals surface area (Å²) in [5.74, 6) is 0.380. The largest absolute Gasteiger partial charge is 0.495 e. The van der Waals surface area contributed by atoms with Crippen molar-refractivity contribution in [3.8, 4) is 22.8 Å². The van der Waals surface area contributed by atoms with E-state index in [0.717, 1.165) is 10.2 Å². The van der Waals surface area contributed by atoms with Gasteiger partial charge >= 0.3 is 0 Å². The van der Waals surface area contributed by atoms with Gasteiger partial charge in [0, 0.05) is 23.8 Å². The van der Waals surface area contributed by atoms with E-state index in [4.69, 9.17) is 9.47 Å². The standard InChI is InChI=1S/C22H22N4O6/c1-4-32-17-8-5-15(6-9-17)18-10-12-21(27)25(24-18)14(2)22(28)23-19-13-16(26(29)30)7-11-20(19)31-3/h5-14H,4H2,1-3H3,(H,23,28). The highest BCUT2D eigenvalue weighted by atomic mass is 16.6. The Bertz CT molecular complexity index is 1190. The molecule has 166 valence electrons. The van der Waals surface area contributed by atoms with Crippen LogP contribution in [0.4, 0.5) is 11.4 Å². The molecule has 32 heavy (non-hydrogen) atoms. The Balaban J connectivity index is 1.87. The van der Waals surface area contributed by atoms with Crippen molar-refractivity contribution >= 4 is 17.3 Å². The van der Waals surface area contributed by atoms with Crippen LogP contribution >= 0.6 is 0 Å². The van der Waals surface area contributed by atoms with Gasteiger partial charge in [0.1, 0.15) is 17.5 Å². The molecular weight excluding hydrogens is 416 g/mol. The second-order valence-electron chi connectivity index (χ2n) is 6.77. The summed E-state index contributed by atoms with van der Waals surface area (Å²) in [6.45, 7) is 3.95. The summed E-state index contributed by atoms with van der Waals surface area (Å²) < 4.78 is 11.6. The van der Waals surface area contributed by atoms with Crippen LogP contribution in [0.1, 0.15) is 19.9 Å². The number of nitrogens with one attached hydrogen (secondary N) is 1. The van der Waals surface area contributed by atoms with Crippen LogP contribution in [0.3, 0.4) is 0 Å². The quantitative estimate of drug-likeness (QED) is 0.422. The fraction of sp³-hybridized carbons (Fsp3) is 0.227. The second-order valence-corrected chi connectivity index (χ2v) is 6.77. The van der Waals surface area contributed by atoms with Gasteiger partial charge in [-0.25, -0.2) is 4.68 Å². The number of aromatic nitrogens is 2. The molecule has 1 atom stereocenters. The number of amides is 1. The predicted octanol–water partition coefficient (Wildman–Crippen LogP) is 3.43. The number of benzene rings is 2. The molecule has 10 heteroatoms. The van der Waals surface area contributed by atoms with Crippen LogP contribution in [0, 0.1) is 10.1 Å². The molecule has 2 aromatic carbocycles. The lowest BCUT2D eigenvalue weighted by Gasteiger charge is -2.16. The number of nitrogens with zero attached hydrogens (tertiary/aromatic N) is 3.